The molecule has 3 rings (SSSR count). The van der Waals surface area contributed by atoms with E-state index in [0.717, 1.165) is 65.0 Å². The van der Waals surface area contributed by atoms with Crippen LogP contribution in [-0.4, -0.2) is 31.0 Å². The molecule has 1 aromatic rings. The quantitative estimate of drug-likeness (QED) is 0.202. The molecule has 1 fully saturated rings. The fourth-order valence-electron chi connectivity index (χ4n) is 3.76. The van der Waals surface area contributed by atoms with E-state index >= 15 is 0 Å². The van der Waals surface area contributed by atoms with Crippen LogP contribution >= 0.6 is 11.3 Å². The summed E-state index contributed by atoms with van der Waals surface area (Å²) in [5, 5.41) is 0. The molecule has 5 heteroatoms. The second kappa shape index (κ2) is 19.6. The Kier molecular flexibility index (Phi) is 18.3. The lowest BCUT2D eigenvalue weighted by atomic mass is 9.91. The zero-order valence-corrected chi connectivity index (χ0v) is 26.3. The van der Waals surface area contributed by atoms with Crippen molar-refractivity contribution in [3.63, 3.8) is 0 Å². The van der Waals surface area contributed by atoms with E-state index in [4.69, 9.17) is 0 Å². The normalized spacial score (nSPS) is 15.4. The number of allylic oxidation sites excluding steroid dienone is 1. The highest BCUT2D eigenvalue weighted by molar-refractivity contribution is 7.14. The van der Waals surface area contributed by atoms with Gasteiger partial charge in [0.05, 0.1) is 15.4 Å². The molecule has 0 radical (unpaired) electrons. The molecule has 1 unspecified atom stereocenters. The second-order valence-corrected chi connectivity index (χ2v) is 11.9. The number of anilines is 1. The summed E-state index contributed by atoms with van der Waals surface area (Å²) in [6, 6.07) is 2.17. The van der Waals surface area contributed by atoms with Gasteiger partial charge in [0.1, 0.15) is 5.84 Å². The van der Waals surface area contributed by atoms with Crippen LogP contribution in [0.25, 0.3) is 5.57 Å². The number of nitrogens with zero attached hydrogens (tertiary/aromatic N) is 3. The van der Waals surface area contributed by atoms with E-state index in [9.17, 15) is 4.79 Å². The van der Waals surface area contributed by atoms with Gasteiger partial charge in [0, 0.05) is 37.1 Å². The zero-order chi connectivity index (χ0) is 29.1. The van der Waals surface area contributed by atoms with Gasteiger partial charge in [-0.05, 0) is 58.6 Å². The number of hydrogen-bond donors (Lipinski definition) is 0. The number of aliphatic imine (C=N–C) groups is 2. The van der Waals surface area contributed by atoms with Gasteiger partial charge in [-0.25, -0.2) is 4.99 Å². The molecule has 1 amide bonds. The maximum Gasteiger partial charge on any atom is 0.214 e. The Morgan fingerprint density at radius 3 is 2.24 bits per heavy atom. The fraction of sp³-hybridized carbons (Fsp3) is 0.606. The largest absolute Gasteiger partial charge is 0.311 e. The van der Waals surface area contributed by atoms with Crippen molar-refractivity contribution in [1.29, 1.82) is 0 Å². The third-order valence-electron chi connectivity index (χ3n) is 6.12. The van der Waals surface area contributed by atoms with Gasteiger partial charge < -0.3 is 4.90 Å². The number of rotatable bonds is 6. The van der Waals surface area contributed by atoms with Gasteiger partial charge in [0.2, 0.25) is 6.41 Å². The highest BCUT2D eigenvalue weighted by atomic mass is 32.1. The lowest BCUT2D eigenvalue weighted by molar-refractivity contribution is -0.107. The van der Waals surface area contributed by atoms with Crippen LogP contribution in [0.15, 0.2) is 35.8 Å². The summed E-state index contributed by atoms with van der Waals surface area (Å²) in [6.07, 6.45) is 13.2. The number of carbonyl (C=O) groups is 1. The molecule has 0 bridgehead atoms. The van der Waals surface area contributed by atoms with E-state index < -0.39 is 0 Å². The van der Waals surface area contributed by atoms with E-state index in [1.807, 2.05) is 19.2 Å². The van der Waals surface area contributed by atoms with Crippen LogP contribution in [0.4, 0.5) is 5.69 Å². The van der Waals surface area contributed by atoms with Gasteiger partial charge in [0.15, 0.2) is 0 Å². The first-order chi connectivity index (χ1) is 18.0. The van der Waals surface area contributed by atoms with Gasteiger partial charge in [-0.3, -0.25) is 9.79 Å². The molecule has 1 atom stereocenters. The maximum atomic E-state index is 11.5. The summed E-state index contributed by atoms with van der Waals surface area (Å²) >= 11 is 1.61. The van der Waals surface area contributed by atoms with Crippen molar-refractivity contribution in [2.45, 2.75) is 113 Å². The van der Waals surface area contributed by atoms with Crippen molar-refractivity contribution < 1.29 is 4.79 Å². The number of carbonyl (C=O) groups excluding carboxylic acids is 1. The first-order valence-electron chi connectivity index (χ1n) is 14.1. The average Bonchev–Trinajstić information content (AvgIpc) is 3.34. The lowest BCUT2D eigenvalue weighted by Gasteiger charge is -2.24. The zero-order valence-electron chi connectivity index (χ0n) is 25.5. The van der Waals surface area contributed by atoms with Crippen LogP contribution in [0.5, 0.6) is 0 Å². The smallest absolute Gasteiger partial charge is 0.214 e. The molecule has 1 aliphatic heterocycles. The summed E-state index contributed by atoms with van der Waals surface area (Å²) in [6.45, 7) is 27.8. The van der Waals surface area contributed by atoms with E-state index in [1.165, 1.54) is 32.1 Å². The Labute approximate surface area is 238 Å². The Balaban J connectivity index is 0.000000650. The minimum absolute atomic E-state index is 0.0331. The first kappa shape index (κ1) is 35.5. The van der Waals surface area contributed by atoms with Crippen molar-refractivity contribution in [2.75, 3.05) is 11.4 Å². The van der Waals surface area contributed by atoms with Crippen LogP contribution < -0.4 is 4.90 Å². The summed E-state index contributed by atoms with van der Waals surface area (Å²) in [5.41, 5.74) is 1.86. The molecule has 1 saturated carbocycles. The topological polar surface area (TPSA) is 45.0 Å². The molecular weight excluding hydrogens is 486 g/mol. The molecule has 2 heterocycles. The summed E-state index contributed by atoms with van der Waals surface area (Å²) in [7, 11) is 0. The Morgan fingerprint density at radius 1 is 1.24 bits per heavy atom. The van der Waals surface area contributed by atoms with Crippen molar-refractivity contribution in [3.8, 4) is 11.8 Å². The molecule has 0 N–H and O–H groups in total. The van der Waals surface area contributed by atoms with Crippen molar-refractivity contribution in [2.24, 2.45) is 21.3 Å². The predicted molar refractivity (Wildman–Crippen MR) is 173 cm³/mol. The fourth-order valence-corrected chi connectivity index (χ4v) is 4.69. The Morgan fingerprint density at radius 2 is 1.87 bits per heavy atom. The highest BCUT2D eigenvalue weighted by Gasteiger charge is 2.19. The molecule has 38 heavy (non-hydrogen) atoms. The van der Waals surface area contributed by atoms with Gasteiger partial charge in [-0.1, -0.05) is 71.3 Å². The molecule has 1 aromatic heterocycles. The number of thiophene rings is 1. The monoisotopic (exact) mass is 539 g/mol. The van der Waals surface area contributed by atoms with Gasteiger partial charge in [-0.2, -0.15) is 0 Å². The third-order valence-corrected chi connectivity index (χ3v) is 7.32. The van der Waals surface area contributed by atoms with Crippen molar-refractivity contribution >= 4 is 41.1 Å². The van der Waals surface area contributed by atoms with Gasteiger partial charge in [0.25, 0.3) is 0 Å². The lowest BCUT2D eigenvalue weighted by Crippen LogP contribution is -2.31. The molecule has 1 aliphatic carbocycles. The van der Waals surface area contributed by atoms with E-state index in [0.29, 0.717) is 0 Å². The highest BCUT2D eigenvalue weighted by Crippen LogP contribution is 2.35. The summed E-state index contributed by atoms with van der Waals surface area (Å²) < 4.78 is 0. The molecule has 0 aromatic carbocycles. The molecule has 4 nitrogen and oxygen atoms in total. The van der Waals surface area contributed by atoms with E-state index in [-0.39, 0.29) is 11.5 Å². The van der Waals surface area contributed by atoms with Crippen LogP contribution in [0.1, 0.15) is 117 Å². The van der Waals surface area contributed by atoms with Gasteiger partial charge in [-0.15, -0.1) is 24.5 Å². The van der Waals surface area contributed by atoms with Gasteiger partial charge >= 0.3 is 0 Å². The second-order valence-electron chi connectivity index (χ2n) is 10.9. The van der Waals surface area contributed by atoms with Crippen LogP contribution in [-0.2, 0) is 4.79 Å². The average molecular weight is 540 g/mol. The molecule has 212 valence electrons. The molecule has 2 aliphatic rings. The Hall–Kier alpha value is -2.45. The molecule has 0 saturated heterocycles. The Bertz CT molecular complexity index is 949. The summed E-state index contributed by atoms with van der Waals surface area (Å²) in [5.74, 6) is 8.50. The predicted octanol–water partition coefficient (Wildman–Crippen LogP) is 9.60. The minimum Gasteiger partial charge on any atom is -0.311 e. The van der Waals surface area contributed by atoms with E-state index in [2.05, 4.69) is 90.0 Å². The first-order valence-corrected chi connectivity index (χ1v) is 15.0. The minimum atomic E-state index is -0.0331. The number of amides is 1. The molecule has 0 spiro atoms. The standard InChI is InChI=1S/C18H25NOS.C7H14.C6H10N2.C2H4/c1-8-14(4)19(12-20)16-11-15(9-10-18(5,6)7)21-17(16)13(2)3;1-7-5-3-2-4-6-7;1-2-6-7-4-3-5-8-6;1-2/h11-12,14H,2,8H2,1,3-7H3;7H,2-6H2,1H3;4H,2-3,5H2,1H3;1-2H2. The molecular formula is C33H53N3OS. The third kappa shape index (κ3) is 14.5. The summed E-state index contributed by atoms with van der Waals surface area (Å²) in [4.78, 5) is 23.5. The SMILES string of the molecule is C=C.C=C(C)c1sc(C#CC(C)(C)C)cc1N(C=O)C(C)CC.CC1CCCCC1.CCC1=NCCC=N1. The van der Waals surface area contributed by atoms with Crippen LogP contribution in [0, 0.1) is 23.2 Å². The van der Waals surface area contributed by atoms with E-state index in [1.54, 1.807) is 16.2 Å². The number of hydrogen-bond acceptors (Lipinski definition) is 4. The van der Waals surface area contributed by atoms with Crippen molar-refractivity contribution in [3.05, 3.63) is 35.6 Å². The van der Waals surface area contributed by atoms with Crippen LogP contribution in [0.2, 0.25) is 0 Å². The maximum absolute atomic E-state index is 11.5. The van der Waals surface area contributed by atoms with Crippen LogP contribution in [0.3, 0.4) is 0 Å². The van der Waals surface area contributed by atoms with Crippen molar-refractivity contribution in [1.82, 2.24) is 0 Å². The number of amidine groups is 1.